The highest BCUT2D eigenvalue weighted by atomic mass is 35.6. The summed E-state index contributed by atoms with van der Waals surface area (Å²) in [4.78, 5) is 12.7. The highest BCUT2D eigenvalue weighted by Crippen LogP contribution is 2.31. The predicted molar refractivity (Wildman–Crippen MR) is 97.1 cm³/mol. The van der Waals surface area contributed by atoms with Gasteiger partial charge in [-0.15, -0.1) is 11.3 Å². The molecule has 2 N–H and O–H groups in total. The van der Waals surface area contributed by atoms with Gasteiger partial charge in [0, 0.05) is 5.69 Å². The van der Waals surface area contributed by atoms with Crippen molar-refractivity contribution in [3.63, 3.8) is 0 Å². The molecule has 2 rings (SSSR count). The number of hydrogen-bond acceptors (Lipinski definition) is 4. The van der Waals surface area contributed by atoms with E-state index in [4.69, 9.17) is 39.5 Å². The molecule has 0 aliphatic heterocycles. The molecule has 1 atom stereocenters. The van der Waals surface area contributed by atoms with Crippen LogP contribution in [0.3, 0.4) is 0 Å². The second kappa shape index (κ2) is 8.11. The maximum Gasteiger partial charge on any atom is 0.263 e. The van der Waals surface area contributed by atoms with Gasteiger partial charge in [-0.05, 0) is 42.6 Å². The maximum absolute atomic E-state index is 12.2. The fourth-order valence-electron chi connectivity index (χ4n) is 1.79. The molecule has 8 heteroatoms. The summed E-state index contributed by atoms with van der Waals surface area (Å²) in [5.74, 6) is 0.431. The first-order chi connectivity index (χ1) is 10.9. The Morgan fingerprint density at radius 3 is 2.48 bits per heavy atom. The lowest BCUT2D eigenvalue weighted by Gasteiger charge is -2.27. The molecule has 0 bridgehead atoms. The van der Waals surface area contributed by atoms with Crippen molar-refractivity contribution in [2.24, 2.45) is 0 Å². The van der Waals surface area contributed by atoms with Crippen LogP contribution in [0.25, 0.3) is 0 Å². The van der Waals surface area contributed by atoms with E-state index in [1.165, 1.54) is 11.3 Å². The van der Waals surface area contributed by atoms with Crippen LogP contribution in [-0.4, -0.2) is 22.5 Å². The molecule has 1 amide bonds. The number of benzene rings is 1. The predicted octanol–water partition coefficient (Wildman–Crippen LogP) is 4.69. The smallest absolute Gasteiger partial charge is 0.263 e. The highest BCUT2D eigenvalue weighted by molar-refractivity contribution is 7.12. The summed E-state index contributed by atoms with van der Waals surface area (Å²) in [5.41, 5.74) is 0.691. The second-order valence-electron chi connectivity index (χ2n) is 4.53. The summed E-state index contributed by atoms with van der Waals surface area (Å²) in [5, 5.41) is 7.49. The fraction of sp³-hybridized carbons (Fsp3) is 0.267. The number of alkyl halides is 3. The first-order valence-electron chi connectivity index (χ1n) is 6.80. The molecular weight excluding hydrogens is 379 g/mol. The third-order valence-electron chi connectivity index (χ3n) is 2.82. The number of amides is 1. The van der Waals surface area contributed by atoms with Gasteiger partial charge < -0.3 is 15.4 Å². The topological polar surface area (TPSA) is 50.4 Å². The molecule has 1 heterocycles. The van der Waals surface area contributed by atoms with Gasteiger partial charge in [0.15, 0.2) is 0 Å². The van der Waals surface area contributed by atoms with E-state index in [1.54, 1.807) is 41.8 Å². The van der Waals surface area contributed by atoms with E-state index in [0.29, 0.717) is 17.2 Å². The monoisotopic (exact) mass is 392 g/mol. The molecule has 0 saturated carbocycles. The van der Waals surface area contributed by atoms with E-state index in [0.717, 1.165) is 5.75 Å². The van der Waals surface area contributed by atoms with E-state index in [1.807, 2.05) is 6.92 Å². The van der Waals surface area contributed by atoms with Gasteiger partial charge >= 0.3 is 0 Å². The minimum Gasteiger partial charge on any atom is -0.494 e. The van der Waals surface area contributed by atoms with Crippen LogP contribution < -0.4 is 15.4 Å². The molecule has 0 aliphatic carbocycles. The normalized spacial score (nSPS) is 12.5. The molecule has 0 radical (unpaired) electrons. The van der Waals surface area contributed by atoms with E-state index in [2.05, 4.69) is 10.6 Å². The lowest BCUT2D eigenvalue weighted by atomic mass is 10.3. The molecule has 0 aliphatic rings. The van der Waals surface area contributed by atoms with Crippen LogP contribution in [0.1, 0.15) is 16.6 Å². The molecule has 1 aromatic heterocycles. The van der Waals surface area contributed by atoms with Crippen molar-refractivity contribution < 1.29 is 9.53 Å². The van der Waals surface area contributed by atoms with E-state index >= 15 is 0 Å². The number of halogens is 3. The minimum atomic E-state index is -1.72. The van der Waals surface area contributed by atoms with Gasteiger partial charge in [-0.25, -0.2) is 0 Å². The largest absolute Gasteiger partial charge is 0.494 e. The van der Waals surface area contributed by atoms with Gasteiger partial charge in [0.2, 0.25) is 3.79 Å². The zero-order valence-electron chi connectivity index (χ0n) is 12.2. The van der Waals surface area contributed by atoms with Crippen molar-refractivity contribution >= 4 is 57.7 Å². The summed E-state index contributed by atoms with van der Waals surface area (Å²) < 4.78 is 3.66. The van der Waals surface area contributed by atoms with Crippen molar-refractivity contribution in [3.05, 3.63) is 46.7 Å². The Balaban J connectivity index is 2.08. The van der Waals surface area contributed by atoms with E-state index in [9.17, 15) is 4.79 Å². The number of anilines is 1. The van der Waals surface area contributed by atoms with Crippen LogP contribution >= 0.6 is 46.1 Å². The van der Waals surface area contributed by atoms with Crippen LogP contribution in [-0.2, 0) is 0 Å². The molecule has 0 unspecified atom stereocenters. The average Bonchev–Trinajstić information content (AvgIpc) is 3.02. The van der Waals surface area contributed by atoms with E-state index in [-0.39, 0.29) is 5.91 Å². The molecule has 0 saturated heterocycles. The van der Waals surface area contributed by atoms with Crippen molar-refractivity contribution in [1.29, 1.82) is 0 Å². The molecular formula is C15H15Cl3N2O2S. The van der Waals surface area contributed by atoms with Gasteiger partial charge in [0.05, 0.1) is 11.5 Å². The fourth-order valence-corrected chi connectivity index (χ4v) is 2.74. The number of thiophene rings is 1. The minimum absolute atomic E-state index is 0.310. The zero-order chi connectivity index (χ0) is 16.9. The SMILES string of the molecule is CCOc1ccc(N[C@@H](NC(=O)c2cccs2)C(Cl)(Cl)Cl)cc1. The van der Waals surface area contributed by atoms with Crippen molar-refractivity contribution in [1.82, 2.24) is 5.32 Å². The lowest BCUT2D eigenvalue weighted by Crippen LogP contribution is -2.48. The third kappa shape index (κ3) is 5.46. The highest BCUT2D eigenvalue weighted by Gasteiger charge is 2.34. The Morgan fingerprint density at radius 2 is 1.96 bits per heavy atom. The number of ether oxygens (including phenoxy) is 1. The van der Waals surface area contributed by atoms with Gasteiger partial charge in [0.25, 0.3) is 5.91 Å². The van der Waals surface area contributed by atoms with Crippen LogP contribution in [0.4, 0.5) is 5.69 Å². The Labute approximate surface area is 153 Å². The molecule has 4 nitrogen and oxygen atoms in total. The van der Waals surface area contributed by atoms with Crippen molar-refractivity contribution in [2.75, 3.05) is 11.9 Å². The molecule has 0 fully saturated rings. The molecule has 23 heavy (non-hydrogen) atoms. The molecule has 0 spiro atoms. The number of nitrogens with one attached hydrogen (secondary N) is 2. The zero-order valence-corrected chi connectivity index (χ0v) is 15.3. The van der Waals surface area contributed by atoms with E-state index < -0.39 is 9.96 Å². The Morgan fingerprint density at radius 1 is 1.26 bits per heavy atom. The average molecular weight is 394 g/mol. The summed E-state index contributed by atoms with van der Waals surface area (Å²) >= 11 is 19.2. The van der Waals surface area contributed by atoms with Crippen LogP contribution in [0.5, 0.6) is 5.75 Å². The number of carbonyl (C=O) groups is 1. The molecule has 1 aromatic carbocycles. The van der Waals surface area contributed by atoms with Gasteiger partial charge in [-0.3, -0.25) is 4.79 Å². The lowest BCUT2D eigenvalue weighted by molar-refractivity contribution is 0.0946. The second-order valence-corrected chi connectivity index (χ2v) is 7.84. The van der Waals surface area contributed by atoms with Gasteiger partial charge in [-0.2, -0.15) is 0 Å². The quantitative estimate of drug-likeness (QED) is 0.553. The summed E-state index contributed by atoms with van der Waals surface area (Å²) in [7, 11) is 0. The number of rotatable bonds is 6. The first-order valence-corrected chi connectivity index (χ1v) is 8.82. The maximum atomic E-state index is 12.2. The summed E-state index contributed by atoms with van der Waals surface area (Å²) in [6.07, 6.45) is -0.889. The first kappa shape index (κ1) is 18.2. The third-order valence-corrected chi connectivity index (χ3v) is 4.35. The number of carbonyl (C=O) groups excluding carboxylic acids is 1. The van der Waals surface area contributed by atoms with Crippen molar-refractivity contribution in [3.8, 4) is 5.75 Å². The van der Waals surface area contributed by atoms with Gasteiger partial charge in [0.1, 0.15) is 11.9 Å². The van der Waals surface area contributed by atoms with Gasteiger partial charge in [-0.1, -0.05) is 40.9 Å². The van der Waals surface area contributed by atoms with Crippen LogP contribution in [0.15, 0.2) is 41.8 Å². The molecule has 124 valence electrons. The standard InChI is InChI=1S/C15H15Cl3N2O2S/c1-2-22-11-7-5-10(6-8-11)19-14(15(16,17)18)20-13(21)12-4-3-9-23-12/h3-9,14,19H,2H2,1H3,(H,20,21)/t14-/m0/s1. The van der Waals surface area contributed by atoms with Crippen molar-refractivity contribution in [2.45, 2.75) is 16.9 Å². The number of hydrogen-bond donors (Lipinski definition) is 2. The Hall–Kier alpha value is -1.14. The Bertz CT molecular complexity index is 627. The summed E-state index contributed by atoms with van der Waals surface area (Å²) in [6.45, 7) is 2.49. The Kier molecular flexibility index (Phi) is 6.41. The summed E-state index contributed by atoms with van der Waals surface area (Å²) in [6, 6.07) is 10.6. The van der Waals surface area contributed by atoms with Crippen LogP contribution in [0, 0.1) is 0 Å². The molecule has 2 aromatic rings. The van der Waals surface area contributed by atoms with Crippen LogP contribution in [0.2, 0.25) is 0 Å².